The van der Waals surface area contributed by atoms with E-state index in [1.165, 1.54) is 0 Å². The van der Waals surface area contributed by atoms with Crippen molar-refractivity contribution in [2.45, 2.75) is 40.0 Å². The quantitative estimate of drug-likeness (QED) is 0.741. The van der Waals surface area contributed by atoms with Crippen molar-refractivity contribution in [1.29, 1.82) is 0 Å². The molecule has 0 spiro atoms. The van der Waals surface area contributed by atoms with Crippen LogP contribution in [0.25, 0.3) is 0 Å². The molecular weight excluding hydrogens is 204 g/mol. The number of aliphatic carboxylic acids is 1. The molecule has 3 atom stereocenters. The third kappa shape index (κ3) is 1.27. The molecule has 2 aliphatic rings. The topological polar surface area (TPSA) is 54.4 Å². The van der Waals surface area contributed by atoms with Gasteiger partial charge in [0.15, 0.2) is 5.78 Å². The summed E-state index contributed by atoms with van der Waals surface area (Å²) >= 11 is 0. The van der Waals surface area contributed by atoms with Crippen molar-refractivity contribution in [3.05, 3.63) is 11.1 Å². The fraction of sp³-hybridized carbons (Fsp3) is 0.692. The van der Waals surface area contributed by atoms with Crippen molar-refractivity contribution >= 4 is 11.8 Å². The Morgan fingerprint density at radius 2 is 2.00 bits per heavy atom. The third-order valence-corrected chi connectivity index (χ3v) is 4.58. The van der Waals surface area contributed by atoms with Crippen molar-refractivity contribution in [3.8, 4) is 0 Å². The number of hydrogen-bond donors (Lipinski definition) is 1. The fourth-order valence-electron chi connectivity index (χ4n) is 3.24. The second kappa shape index (κ2) is 3.44. The van der Waals surface area contributed by atoms with Gasteiger partial charge in [0.2, 0.25) is 0 Å². The van der Waals surface area contributed by atoms with Gasteiger partial charge in [0, 0.05) is 12.0 Å². The summed E-state index contributed by atoms with van der Waals surface area (Å²) < 4.78 is 0. The Morgan fingerprint density at radius 3 is 2.56 bits per heavy atom. The van der Waals surface area contributed by atoms with Gasteiger partial charge in [-0.05, 0) is 31.6 Å². The van der Waals surface area contributed by atoms with Crippen LogP contribution in [-0.2, 0) is 9.59 Å². The van der Waals surface area contributed by atoms with Crippen LogP contribution in [-0.4, -0.2) is 16.9 Å². The monoisotopic (exact) mass is 222 g/mol. The van der Waals surface area contributed by atoms with E-state index in [9.17, 15) is 14.7 Å². The average Bonchev–Trinajstić information content (AvgIpc) is 2.56. The normalized spacial score (nSPS) is 38.8. The number of rotatable bonds is 1. The first kappa shape index (κ1) is 11.4. The summed E-state index contributed by atoms with van der Waals surface area (Å²) in [4.78, 5) is 23.4. The molecule has 0 radical (unpaired) electrons. The maximum atomic E-state index is 11.9. The SMILES string of the molecule is C[C@@H]1[C@@H](C)CC2=C(C(=O)CC2)[C@]1(C)C(=O)O. The molecule has 0 saturated carbocycles. The van der Waals surface area contributed by atoms with E-state index in [-0.39, 0.29) is 11.7 Å². The predicted octanol–water partition coefficient (Wildman–Crippen LogP) is 2.41. The molecule has 3 heteroatoms. The standard InChI is InChI=1S/C13H18O3/c1-7-6-9-4-5-10(14)11(9)13(3,8(7)2)12(15)16/h7-8H,4-6H2,1-3H3,(H,15,16)/t7-,8+,13+/m0/s1. The molecule has 2 aliphatic carbocycles. The molecule has 0 unspecified atom stereocenters. The minimum Gasteiger partial charge on any atom is -0.481 e. The minimum absolute atomic E-state index is 0.0193. The first-order chi connectivity index (χ1) is 7.39. The molecule has 0 bridgehead atoms. The molecule has 1 N–H and O–H groups in total. The number of Topliss-reactive ketones (excluding diaryl/α,β-unsaturated/α-hetero) is 1. The van der Waals surface area contributed by atoms with E-state index in [0.717, 1.165) is 18.4 Å². The van der Waals surface area contributed by atoms with Crippen molar-refractivity contribution < 1.29 is 14.7 Å². The molecule has 0 saturated heterocycles. The lowest BCUT2D eigenvalue weighted by Crippen LogP contribution is -2.43. The maximum absolute atomic E-state index is 11.9. The molecule has 0 aromatic rings. The van der Waals surface area contributed by atoms with E-state index in [1.807, 2.05) is 6.92 Å². The van der Waals surface area contributed by atoms with Gasteiger partial charge in [-0.2, -0.15) is 0 Å². The van der Waals surface area contributed by atoms with E-state index >= 15 is 0 Å². The highest BCUT2D eigenvalue weighted by Gasteiger charge is 2.52. The van der Waals surface area contributed by atoms with Crippen LogP contribution in [0.4, 0.5) is 0 Å². The molecule has 3 nitrogen and oxygen atoms in total. The van der Waals surface area contributed by atoms with Crippen LogP contribution in [0.15, 0.2) is 11.1 Å². The summed E-state index contributed by atoms with van der Waals surface area (Å²) in [6.07, 6.45) is 2.17. The number of carbonyl (C=O) groups excluding carboxylic acids is 1. The van der Waals surface area contributed by atoms with E-state index < -0.39 is 11.4 Å². The highest BCUT2D eigenvalue weighted by atomic mass is 16.4. The average molecular weight is 222 g/mol. The summed E-state index contributed by atoms with van der Waals surface area (Å²) in [5.74, 6) is -0.440. The third-order valence-electron chi connectivity index (χ3n) is 4.58. The van der Waals surface area contributed by atoms with Gasteiger partial charge in [-0.1, -0.05) is 19.4 Å². The summed E-state index contributed by atoms with van der Waals surface area (Å²) in [6.45, 7) is 5.75. The fourth-order valence-corrected chi connectivity index (χ4v) is 3.24. The summed E-state index contributed by atoms with van der Waals surface area (Å²) in [7, 11) is 0. The number of hydrogen-bond acceptors (Lipinski definition) is 2. The molecule has 0 amide bonds. The lowest BCUT2D eigenvalue weighted by atomic mass is 9.61. The highest BCUT2D eigenvalue weighted by molar-refractivity contribution is 6.05. The van der Waals surface area contributed by atoms with Gasteiger partial charge in [0.25, 0.3) is 0 Å². The highest BCUT2D eigenvalue weighted by Crippen LogP contribution is 2.51. The number of carboxylic acid groups (broad SMARTS) is 1. The van der Waals surface area contributed by atoms with E-state index in [4.69, 9.17) is 0 Å². The molecular formula is C13H18O3. The second-order valence-electron chi connectivity index (χ2n) is 5.38. The Hall–Kier alpha value is -1.12. The van der Waals surface area contributed by atoms with Gasteiger partial charge in [-0.15, -0.1) is 0 Å². The summed E-state index contributed by atoms with van der Waals surface area (Å²) in [5, 5.41) is 9.46. The molecule has 0 heterocycles. The molecule has 16 heavy (non-hydrogen) atoms. The summed E-state index contributed by atoms with van der Waals surface area (Å²) in [5.41, 5.74) is 0.742. The van der Waals surface area contributed by atoms with Gasteiger partial charge < -0.3 is 5.11 Å². The first-order valence-electron chi connectivity index (χ1n) is 5.88. The van der Waals surface area contributed by atoms with E-state index in [1.54, 1.807) is 6.92 Å². The Bertz CT molecular complexity index is 394. The van der Waals surface area contributed by atoms with Gasteiger partial charge in [0.1, 0.15) is 0 Å². The van der Waals surface area contributed by atoms with Crippen LogP contribution in [0.1, 0.15) is 40.0 Å². The molecule has 0 fully saturated rings. The van der Waals surface area contributed by atoms with Crippen molar-refractivity contribution in [2.24, 2.45) is 17.3 Å². The Labute approximate surface area is 95.5 Å². The van der Waals surface area contributed by atoms with Crippen LogP contribution in [0.2, 0.25) is 0 Å². The van der Waals surface area contributed by atoms with Crippen molar-refractivity contribution in [1.82, 2.24) is 0 Å². The minimum atomic E-state index is -0.972. The molecule has 2 rings (SSSR count). The Morgan fingerprint density at radius 1 is 1.38 bits per heavy atom. The zero-order valence-electron chi connectivity index (χ0n) is 10.0. The van der Waals surface area contributed by atoms with Crippen LogP contribution in [0, 0.1) is 17.3 Å². The predicted molar refractivity (Wildman–Crippen MR) is 60.0 cm³/mol. The van der Waals surface area contributed by atoms with Crippen LogP contribution >= 0.6 is 0 Å². The van der Waals surface area contributed by atoms with Crippen molar-refractivity contribution in [2.75, 3.05) is 0 Å². The molecule has 0 aromatic heterocycles. The van der Waals surface area contributed by atoms with Crippen LogP contribution in [0.3, 0.4) is 0 Å². The molecule has 0 aliphatic heterocycles. The van der Waals surface area contributed by atoms with Gasteiger partial charge in [-0.25, -0.2) is 0 Å². The smallest absolute Gasteiger partial charge is 0.314 e. The molecule has 0 aromatic carbocycles. The lowest BCUT2D eigenvalue weighted by molar-refractivity contribution is -0.151. The largest absolute Gasteiger partial charge is 0.481 e. The van der Waals surface area contributed by atoms with Gasteiger partial charge in [-0.3, -0.25) is 9.59 Å². The number of carboxylic acids is 1. The van der Waals surface area contributed by atoms with Crippen LogP contribution in [0.5, 0.6) is 0 Å². The number of allylic oxidation sites excluding steroid dienone is 1. The zero-order valence-corrected chi connectivity index (χ0v) is 10.0. The number of carbonyl (C=O) groups is 2. The van der Waals surface area contributed by atoms with Gasteiger partial charge >= 0.3 is 5.97 Å². The second-order valence-corrected chi connectivity index (χ2v) is 5.38. The maximum Gasteiger partial charge on any atom is 0.314 e. The van der Waals surface area contributed by atoms with Gasteiger partial charge in [0.05, 0.1) is 5.41 Å². The lowest BCUT2D eigenvalue weighted by Gasteiger charge is -2.41. The number of ketones is 1. The van der Waals surface area contributed by atoms with E-state index in [2.05, 4.69) is 6.92 Å². The first-order valence-corrected chi connectivity index (χ1v) is 5.88. The molecule has 88 valence electrons. The Kier molecular flexibility index (Phi) is 2.44. The summed E-state index contributed by atoms with van der Waals surface area (Å²) in [6, 6.07) is 0. The van der Waals surface area contributed by atoms with E-state index in [0.29, 0.717) is 17.9 Å². The Balaban J connectivity index is 2.58. The van der Waals surface area contributed by atoms with Crippen molar-refractivity contribution in [3.63, 3.8) is 0 Å². The van der Waals surface area contributed by atoms with Crippen LogP contribution < -0.4 is 0 Å². The zero-order chi connectivity index (χ0) is 12.1.